The summed E-state index contributed by atoms with van der Waals surface area (Å²) in [4.78, 5) is 12.4. The van der Waals surface area contributed by atoms with Crippen LogP contribution in [0.25, 0.3) is 0 Å². The molecule has 0 unspecified atom stereocenters. The molecular weight excluding hydrogens is 455 g/mol. The first kappa shape index (κ1) is 27.5. The van der Waals surface area contributed by atoms with Gasteiger partial charge in [0.15, 0.2) is 0 Å². The molecule has 0 N–H and O–H groups in total. The van der Waals surface area contributed by atoms with Gasteiger partial charge < -0.3 is 18.2 Å². The van der Waals surface area contributed by atoms with Crippen molar-refractivity contribution in [1.82, 2.24) is 0 Å². The second-order valence-electron chi connectivity index (χ2n) is 8.81. The molecule has 6 nitrogen and oxygen atoms in total. The first-order valence-electron chi connectivity index (χ1n) is 11.4. The van der Waals surface area contributed by atoms with Gasteiger partial charge in [-0.05, 0) is 29.3 Å². The third-order valence-electron chi connectivity index (χ3n) is 5.46. The van der Waals surface area contributed by atoms with Gasteiger partial charge in [-0.2, -0.15) is 0 Å². The minimum atomic E-state index is -3.47. The molecule has 0 spiro atoms. The maximum absolute atomic E-state index is 13.4. The van der Waals surface area contributed by atoms with E-state index < -0.39 is 28.0 Å². The minimum absolute atomic E-state index is 0.0335. The van der Waals surface area contributed by atoms with Gasteiger partial charge in [0.1, 0.15) is 0 Å². The van der Waals surface area contributed by atoms with Crippen molar-refractivity contribution in [3.05, 3.63) is 60.7 Å². The first-order valence-corrected chi connectivity index (χ1v) is 15.0. The Morgan fingerprint density at radius 3 is 1.73 bits per heavy atom. The summed E-state index contributed by atoms with van der Waals surface area (Å²) in [6, 6.07) is 20.2. The van der Waals surface area contributed by atoms with Crippen molar-refractivity contribution in [2.24, 2.45) is 0 Å². The Morgan fingerprint density at radius 2 is 1.36 bits per heavy atom. The van der Waals surface area contributed by atoms with Crippen molar-refractivity contribution in [1.29, 1.82) is 0 Å². The minimum Gasteiger partial charge on any atom is -0.469 e. The van der Waals surface area contributed by atoms with E-state index >= 15 is 0 Å². The maximum atomic E-state index is 13.4. The van der Waals surface area contributed by atoms with E-state index in [1.165, 1.54) is 7.11 Å². The van der Waals surface area contributed by atoms with Crippen LogP contribution in [0.1, 0.15) is 41.0 Å². The van der Waals surface area contributed by atoms with Crippen LogP contribution in [0.4, 0.5) is 0 Å². The Kier molecular flexibility index (Phi) is 10.1. The number of methoxy groups -OCH3 is 1. The van der Waals surface area contributed by atoms with Crippen molar-refractivity contribution >= 4 is 32.3 Å². The van der Waals surface area contributed by atoms with Crippen LogP contribution in [0.15, 0.2) is 60.7 Å². The molecule has 2 rings (SSSR count). The van der Waals surface area contributed by atoms with Crippen LogP contribution in [0.3, 0.4) is 0 Å². The van der Waals surface area contributed by atoms with Gasteiger partial charge in [-0.25, -0.2) is 0 Å². The lowest BCUT2D eigenvalue weighted by Crippen LogP contribution is -2.68. The van der Waals surface area contributed by atoms with Gasteiger partial charge in [-0.15, -0.1) is 0 Å². The smallest absolute Gasteiger partial charge is 0.333 e. The average Bonchev–Trinajstić information content (AvgIpc) is 2.77. The monoisotopic (exact) mass is 492 g/mol. The van der Waals surface area contributed by atoms with E-state index in [2.05, 4.69) is 45.0 Å². The van der Waals surface area contributed by atoms with Gasteiger partial charge in [0.2, 0.25) is 0 Å². The van der Waals surface area contributed by atoms with E-state index in [4.69, 9.17) is 18.2 Å². The average molecular weight is 493 g/mol. The Morgan fingerprint density at radius 1 is 0.909 bits per heavy atom. The summed E-state index contributed by atoms with van der Waals surface area (Å²) in [5, 5.41) is 1.84. The zero-order valence-corrected chi connectivity index (χ0v) is 22.5. The summed E-state index contributed by atoms with van der Waals surface area (Å²) >= 11 is 0. The first-order chi connectivity index (χ1) is 15.6. The topological polar surface area (TPSA) is 71.1 Å². The third-order valence-corrected chi connectivity index (χ3v) is 12.7. The van der Waals surface area contributed by atoms with E-state index in [9.17, 15) is 9.36 Å². The molecule has 0 amide bonds. The summed E-state index contributed by atoms with van der Waals surface area (Å²) in [6.07, 6.45) is -0.799. The van der Waals surface area contributed by atoms with Gasteiger partial charge in [0.05, 0.1) is 39.0 Å². The number of ether oxygens (including phenoxy) is 1. The Bertz CT molecular complexity index is 864. The maximum Gasteiger partial charge on any atom is 0.333 e. The van der Waals surface area contributed by atoms with Crippen LogP contribution in [0, 0.1) is 0 Å². The van der Waals surface area contributed by atoms with E-state index in [0.29, 0.717) is 0 Å². The molecule has 33 heavy (non-hydrogen) atoms. The zero-order valence-electron chi connectivity index (χ0n) is 20.6. The molecule has 8 heteroatoms. The van der Waals surface area contributed by atoms with E-state index in [0.717, 1.165) is 10.4 Å². The van der Waals surface area contributed by atoms with Gasteiger partial charge in [0.25, 0.3) is 8.32 Å². The van der Waals surface area contributed by atoms with E-state index in [-0.39, 0.29) is 30.8 Å². The highest BCUT2D eigenvalue weighted by Gasteiger charge is 2.52. The molecule has 0 aliphatic heterocycles. The summed E-state index contributed by atoms with van der Waals surface area (Å²) in [5.74, 6) is -0.433. The number of esters is 1. The van der Waals surface area contributed by atoms with Crippen LogP contribution >= 0.6 is 7.60 Å². The Balaban J connectivity index is 2.66. The molecular formula is C25H37O6PSi. The van der Waals surface area contributed by atoms with Crippen LogP contribution in [-0.2, 0) is 27.6 Å². The normalized spacial score (nSPS) is 13.5. The fraction of sp³-hybridized carbons (Fsp3) is 0.480. The molecule has 2 aromatic carbocycles. The number of hydrogen-bond donors (Lipinski definition) is 0. The fourth-order valence-electron chi connectivity index (χ4n) is 4.14. The molecule has 182 valence electrons. The lowest BCUT2D eigenvalue weighted by Gasteiger charge is -2.45. The largest absolute Gasteiger partial charge is 0.469 e. The predicted molar refractivity (Wildman–Crippen MR) is 135 cm³/mol. The quantitative estimate of drug-likeness (QED) is 0.242. The summed E-state index contributed by atoms with van der Waals surface area (Å²) in [7, 11) is -5.11. The zero-order chi connectivity index (χ0) is 24.5. The molecule has 2 aromatic rings. The Hall–Kier alpha value is -1.76. The van der Waals surface area contributed by atoms with Gasteiger partial charge >= 0.3 is 13.6 Å². The predicted octanol–water partition coefficient (Wildman–Crippen LogP) is 4.76. The SMILES string of the molecule is CCOP(=O)(C[C@H](CC(=O)OC)O[Si](c1ccccc1)(c1ccccc1)C(C)(C)C)OCC. The Labute approximate surface area is 199 Å². The summed E-state index contributed by atoms with van der Waals surface area (Å²) < 4.78 is 36.5. The van der Waals surface area contributed by atoms with Gasteiger partial charge in [0, 0.05) is 0 Å². The molecule has 0 bridgehead atoms. The number of benzene rings is 2. The number of rotatable bonds is 12. The molecule has 1 atom stereocenters. The van der Waals surface area contributed by atoms with Gasteiger partial charge in [-0.1, -0.05) is 81.4 Å². The van der Waals surface area contributed by atoms with Crippen LogP contribution in [-0.4, -0.2) is 46.9 Å². The standard InChI is InChI=1S/C25H37O6PSi/c1-7-29-32(27,30-8-2)20-21(19-24(26)28-6)31-33(25(3,4)5,22-15-11-9-12-16-22)23-17-13-10-14-18-23/h9-18,21H,7-8,19-20H2,1-6H3/t21-/m0/s1. The molecule has 0 aliphatic carbocycles. The summed E-state index contributed by atoms with van der Waals surface area (Å²) in [5.41, 5.74) is 0. The second-order valence-corrected chi connectivity index (χ2v) is 15.2. The molecule has 0 aromatic heterocycles. The highest BCUT2D eigenvalue weighted by molar-refractivity contribution is 7.53. The van der Waals surface area contributed by atoms with Crippen LogP contribution in [0.2, 0.25) is 5.04 Å². The number of hydrogen-bond acceptors (Lipinski definition) is 6. The van der Waals surface area contributed by atoms with Crippen molar-refractivity contribution in [3.8, 4) is 0 Å². The van der Waals surface area contributed by atoms with Crippen molar-refractivity contribution in [3.63, 3.8) is 0 Å². The van der Waals surface area contributed by atoms with Crippen LogP contribution < -0.4 is 10.4 Å². The third kappa shape index (κ3) is 6.87. The lowest BCUT2D eigenvalue weighted by molar-refractivity contribution is -0.142. The number of carbonyl (C=O) groups is 1. The van der Waals surface area contributed by atoms with Gasteiger partial charge in [-0.3, -0.25) is 9.36 Å². The lowest BCUT2D eigenvalue weighted by atomic mass is 10.2. The highest BCUT2D eigenvalue weighted by atomic mass is 31.2. The van der Waals surface area contributed by atoms with E-state index in [1.807, 2.05) is 36.4 Å². The van der Waals surface area contributed by atoms with Crippen LogP contribution in [0.5, 0.6) is 0 Å². The molecule has 0 saturated carbocycles. The fourth-order valence-corrected chi connectivity index (χ4v) is 10.7. The highest BCUT2D eigenvalue weighted by Crippen LogP contribution is 2.50. The second kappa shape index (κ2) is 12.1. The molecule has 0 fully saturated rings. The molecule has 0 radical (unpaired) electrons. The molecule has 0 heterocycles. The van der Waals surface area contributed by atoms with Crippen molar-refractivity contribution in [2.45, 2.75) is 52.2 Å². The van der Waals surface area contributed by atoms with E-state index in [1.54, 1.807) is 13.8 Å². The number of carbonyl (C=O) groups excluding carboxylic acids is 1. The van der Waals surface area contributed by atoms with Crippen molar-refractivity contribution < 1.29 is 27.6 Å². The summed E-state index contributed by atoms with van der Waals surface area (Å²) in [6.45, 7) is 10.5. The molecule has 0 aliphatic rings. The van der Waals surface area contributed by atoms with Crippen molar-refractivity contribution in [2.75, 3.05) is 26.5 Å². The molecule has 0 saturated heterocycles.